The molecule has 0 bridgehead atoms. The molecule has 1 heterocycles. The number of benzene rings is 2. The summed E-state index contributed by atoms with van der Waals surface area (Å²) in [4.78, 5) is 11.9. The van der Waals surface area contributed by atoms with Crippen LogP contribution in [-0.2, 0) is 11.3 Å². The summed E-state index contributed by atoms with van der Waals surface area (Å²) in [6.07, 6.45) is -0.612. The van der Waals surface area contributed by atoms with Crippen LogP contribution in [0.25, 0.3) is 0 Å². The third-order valence-electron chi connectivity index (χ3n) is 3.33. The van der Waals surface area contributed by atoms with Gasteiger partial charge in [-0.2, -0.15) is 0 Å². The van der Waals surface area contributed by atoms with E-state index in [1.165, 1.54) is 0 Å². The number of hydrogen-bond acceptors (Lipinski definition) is 5. The highest BCUT2D eigenvalue weighted by Crippen LogP contribution is 2.18. The average molecular weight is 299 g/mol. The first-order chi connectivity index (χ1) is 10.7. The zero-order valence-electron chi connectivity index (χ0n) is 11.9. The molecule has 0 aliphatic carbocycles. The molecule has 2 aromatic rings. The van der Waals surface area contributed by atoms with Gasteiger partial charge in [-0.25, -0.2) is 4.79 Å². The fourth-order valence-electron chi connectivity index (χ4n) is 2.19. The number of ether oxygens (including phenoxy) is 2. The Morgan fingerprint density at radius 1 is 1.23 bits per heavy atom. The van der Waals surface area contributed by atoms with Gasteiger partial charge in [-0.1, -0.05) is 6.07 Å². The fraction of sp³-hybridized carbons (Fsp3) is 0.133. The van der Waals surface area contributed by atoms with Crippen molar-refractivity contribution in [3.8, 4) is 11.5 Å². The van der Waals surface area contributed by atoms with Crippen LogP contribution in [-0.4, -0.2) is 25.3 Å². The predicted octanol–water partition coefficient (Wildman–Crippen LogP) is 1.52. The fourth-order valence-corrected chi connectivity index (χ4v) is 2.19. The molecule has 22 heavy (non-hydrogen) atoms. The topological polar surface area (TPSA) is 77.0 Å². The third kappa shape index (κ3) is 3.05. The molecule has 0 atom stereocenters. The van der Waals surface area contributed by atoms with Crippen molar-refractivity contribution in [1.82, 2.24) is 0 Å². The molecular weight excluding hydrogens is 285 g/mol. The number of amides is 1. The van der Waals surface area contributed by atoms with Gasteiger partial charge in [0.1, 0.15) is 11.5 Å². The van der Waals surface area contributed by atoms with Crippen LogP contribution in [0.4, 0.5) is 10.5 Å². The van der Waals surface area contributed by atoms with Gasteiger partial charge in [-0.05, 0) is 47.4 Å². The Morgan fingerprint density at radius 3 is 2.68 bits per heavy atom. The second kappa shape index (κ2) is 6.09. The molecule has 0 spiro atoms. The molecule has 1 amide bonds. The molecular formula is C15H14BNO5. The van der Waals surface area contributed by atoms with Crippen molar-refractivity contribution in [3.63, 3.8) is 0 Å². The SMILES string of the molecule is COc1ccc(OC(=O)Nc2ccc3c(c2)B(O)OC3)cc1. The maximum absolute atomic E-state index is 11.9. The molecule has 2 aromatic carbocycles. The molecule has 3 rings (SSSR count). The average Bonchev–Trinajstić information content (AvgIpc) is 2.89. The van der Waals surface area contributed by atoms with Crippen molar-refractivity contribution in [2.75, 3.05) is 12.4 Å². The molecule has 0 fully saturated rings. The Balaban J connectivity index is 1.65. The molecule has 0 unspecified atom stereocenters. The molecule has 6 nitrogen and oxygen atoms in total. The predicted molar refractivity (Wildman–Crippen MR) is 81.5 cm³/mol. The Bertz CT molecular complexity index is 689. The molecule has 1 aliphatic heterocycles. The highest BCUT2D eigenvalue weighted by molar-refractivity contribution is 6.61. The van der Waals surface area contributed by atoms with Gasteiger partial charge in [0, 0.05) is 5.69 Å². The van der Waals surface area contributed by atoms with E-state index in [2.05, 4.69) is 5.32 Å². The van der Waals surface area contributed by atoms with E-state index in [4.69, 9.17) is 14.1 Å². The van der Waals surface area contributed by atoms with E-state index in [0.717, 1.165) is 5.56 Å². The van der Waals surface area contributed by atoms with E-state index in [0.29, 0.717) is 29.3 Å². The minimum absolute atomic E-state index is 0.368. The summed E-state index contributed by atoms with van der Waals surface area (Å²) in [6, 6.07) is 11.9. The van der Waals surface area contributed by atoms with Gasteiger partial charge in [0.2, 0.25) is 0 Å². The number of anilines is 1. The van der Waals surface area contributed by atoms with Gasteiger partial charge < -0.3 is 19.2 Å². The van der Waals surface area contributed by atoms with Crippen LogP contribution in [0.3, 0.4) is 0 Å². The van der Waals surface area contributed by atoms with Crippen molar-refractivity contribution in [2.24, 2.45) is 0 Å². The summed E-state index contributed by atoms with van der Waals surface area (Å²) < 4.78 is 15.3. The normalized spacial score (nSPS) is 12.7. The lowest BCUT2D eigenvalue weighted by Gasteiger charge is -2.08. The quantitative estimate of drug-likeness (QED) is 0.840. The van der Waals surface area contributed by atoms with E-state index in [9.17, 15) is 9.82 Å². The van der Waals surface area contributed by atoms with Crippen LogP contribution in [0.5, 0.6) is 11.5 Å². The number of nitrogens with one attached hydrogen (secondary N) is 1. The molecule has 1 aliphatic rings. The van der Waals surface area contributed by atoms with Crippen molar-refractivity contribution < 1.29 is 23.9 Å². The van der Waals surface area contributed by atoms with Gasteiger partial charge in [0.05, 0.1) is 13.7 Å². The number of fused-ring (bicyclic) bond motifs is 1. The Labute approximate surface area is 127 Å². The van der Waals surface area contributed by atoms with E-state index in [1.807, 2.05) is 0 Å². The van der Waals surface area contributed by atoms with Gasteiger partial charge in [0.25, 0.3) is 0 Å². The molecule has 0 saturated carbocycles. The van der Waals surface area contributed by atoms with Gasteiger partial charge in [0.15, 0.2) is 0 Å². The van der Waals surface area contributed by atoms with E-state index in [1.54, 1.807) is 49.6 Å². The van der Waals surface area contributed by atoms with Crippen LogP contribution < -0.4 is 20.3 Å². The maximum Gasteiger partial charge on any atom is 0.491 e. The zero-order valence-corrected chi connectivity index (χ0v) is 11.9. The van der Waals surface area contributed by atoms with Gasteiger partial charge >= 0.3 is 13.2 Å². The van der Waals surface area contributed by atoms with Crippen molar-refractivity contribution in [1.29, 1.82) is 0 Å². The van der Waals surface area contributed by atoms with Crippen LogP contribution in [0, 0.1) is 0 Å². The molecule has 2 N–H and O–H groups in total. The van der Waals surface area contributed by atoms with Gasteiger partial charge in [-0.3, -0.25) is 5.32 Å². The monoisotopic (exact) mass is 299 g/mol. The highest BCUT2D eigenvalue weighted by atomic mass is 16.6. The van der Waals surface area contributed by atoms with Gasteiger partial charge in [-0.15, -0.1) is 0 Å². The standard InChI is InChI=1S/C15H14BNO5/c1-20-12-4-6-13(7-5-12)22-15(18)17-11-3-2-10-9-21-16(19)14(10)8-11/h2-8,19H,9H2,1H3,(H,17,18). The molecule has 0 radical (unpaired) electrons. The van der Waals surface area contributed by atoms with Crippen LogP contribution in [0.2, 0.25) is 0 Å². The number of rotatable bonds is 3. The van der Waals surface area contributed by atoms with E-state index in [-0.39, 0.29) is 0 Å². The van der Waals surface area contributed by atoms with Crippen LogP contribution in [0.15, 0.2) is 42.5 Å². The number of hydrogen-bond donors (Lipinski definition) is 2. The van der Waals surface area contributed by atoms with Crippen molar-refractivity contribution in [3.05, 3.63) is 48.0 Å². The lowest BCUT2D eigenvalue weighted by Crippen LogP contribution is -2.28. The van der Waals surface area contributed by atoms with E-state index >= 15 is 0 Å². The van der Waals surface area contributed by atoms with Crippen LogP contribution in [0.1, 0.15) is 5.56 Å². The molecule has 112 valence electrons. The zero-order chi connectivity index (χ0) is 15.5. The first-order valence-electron chi connectivity index (χ1n) is 6.71. The second-order valence-corrected chi connectivity index (χ2v) is 4.77. The summed E-state index contributed by atoms with van der Waals surface area (Å²) >= 11 is 0. The first kappa shape index (κ1) is 14.4. The Kier molecular flexibility index (Phi) is 3.99. The first-order valence-corrected chi connectivity index (χ1v) is 6.71. The summed E-state index contributed by atoms with van der Waals surface area (Å²) in [5.74, 6) is 1.09. The lowest BCUT2D eigenvalue weighted by molar-refractivity contribution is 0.215. The molecule has 0 aromatic heterocycles. The second-order valence-electron chi connectivity index (χ2n) is 4.77. The largest absolute Gasteiger partial charge is 0.497 e. The van der Waals surface area contributed by atoms with E-state index < -0.39 is 13.2 Å². The number of carbonyl (C=O) groups excluding carboxylic acids is 1. The smallest absolute Gasteiger partial charge is 0.491 e. The minimum atomic E-state index is -0.950. The lowest BCUT2D eigenvalue weighted by atomic mass is 9.79. The Morgan fingerprint density at radius 2 is 1.95 bits per heavy atom. The molecule has 7 heteroatoms. The highest BCUT2D eigenvalue weighted by Gasteiger charge is 2.27. The maximum atomic E-state index is 11.9. The number of carbonyl (C=O) groups is 1. The van der Waals surface area contributed by atoms with Crippen molar-refractivity contribution >= 4 is 24.4 Å². The summed E-state index contributed by atoms with van der Waals surface area (Å²) in [7, 11) is 0.614. The number of methoxy groups -OCH3 is 1. The summed E-state index contributed by atoms with van der Waals surface area (Å²) in [6.45, 7) is 0.368. The van der Waals surface area contributed by atoms with Crippen LogP contribution >= 0.6 is 0 Å². The third-order valence-corrected chi connectivity index (χ3v) is 3.33. The summed E-state index contributed by atoms with van der Waals surface area (Å²) in [5, 5.41) is 12.3. The Hall–Kier alpha value is -2.51. The minimum Gasteiger partial charge on any atom is -0.497 e. The summed E-state index contributed by atoms with van der Waals surface area (Å²) in [5.41, 5.74) is 2.09. The molecule has 0 saturated heterocycles. The van der Waals surface area contributed by atoms with Crippen molar-refractivity contribution in [2.45, 2.75) is 6.61 Å².